The van der Waals surface area contributed by atoms with Crippen LogP contribution in [0.4, 0.5) is 0 Å². The van der Waals surface area contributed by atoms with Gasteiger partial charge in [0.15, 0.2) is 6.61 Å². The summed E-state index contributed by atoms with van der Waals surface area (Å²) in [4.78, 5) is 18.7. The van der Waals surface area contributed by atoms with Crippen LogP contribution in [0.15, 0.2) is 30.5 Å². The van der Waals surface area contributed by atoms with Crippen molar-refractivity contribution in [2.45, 2.75) is 31.7 Å². The number of piperidine rings is 1. The molecule has 4 rings (SSSR count). The van der Waals surface area contributed by atoms with Crippen LogP contribution in [0.2, 0.25) is 5.02 Å². The van der Waals surface area contributed by atoms with Gasteiger partial charge in [-0.3, -0.25) is 9.78 Å². The third kappa shape index (κ3) is 5.63. The molecule has 2 fully saturated rings. The van der Waals surface area contributed by atoms with E-state index in [-0.39, 0.29) is 37.3 Å². The predicted molar refractivity (Wildman–Crippen MR) is 117 cm³/mol. The Balaban J connectivity index is 0.00000140. The lowest BCUT2D eigenvalue weighted by Gasteiger charge is -2.32. The number of carbonyl (C=O) groups excluding carboxylic acids is 1. The normalized spacial score (nSPS) is 17.0. The number of hydrogen-bond donors (Lipinski definition) is 1. The smallest absolute Gasteiger partial charge is 0.260 e. The number of halogens is 3. The molecule has 1 saturated carbocycles. The Morgan fingerprint density at radius 3 is 2.64 bits per heavy atom. The monoisotopic (exact) mass is 445 g/mol. The van der Waals surface area contributed by atoms with Gasteiger partial charge in [-0.2, -0.15) is 0 Å². The van der Waals surface area contributed by atoms with Crippen LogP contribution in [0.5, 0.6) is 5.75 Å². The van der Waals surface area contributed by atoms with Gasteiger partial charge in [-0.05, 0) is 62.4 Å². The highest BCUT2D eigenvalue weighted by molar-refractivity contribution is 6.35. The first-order valence-electron chi connectivity index (χ1n) is 9.38. The molecule has 154 valence electrons. The van der Waals surface area contributed by atoms with Crippen LogP contribution >= 0.6 is 36.4 Å². The summed E-state index contributed by atoms with van der Waals surface area (Å²) >= 11 is 6.20. The molecule has 1 aliphatic heterocycles. The standard InChI is InChI=1S/C20H24ClN3O2.2ClH/c21-17-5-6-18(20-16(17)2-1-9-22-20)26-13-19(25)24-10-7-15(8-11-24)23-12-14-3-4-14;;/h1-2,5-6,9,14-15,23H,3-4,7-8,10-13H2;2*1H. The summed E-state index contributed by atoms with van der Waals surface area (Å²) in [6.07, 6.45) is 6.48. The van der Waals surface area contributed by atoms with E-state index in [0.717, 1.165) is 43.8 Å². The lowest BCUT2D eigenvalue weighted by atomic mass is 10.0. The maximum absolute atomic E-state index is 12.5. The second kappa shape index (κ2) is 10.5. The van der Waals surface area contributed by atoms with Gasteiger partial charge in [0, 0.05) is 30.7 Å². The molecule has 0 atom stereocenters. The number of rotatable bonds is 6. The van der Waals surface area contributed by atoms with Crippen LogP contribution < -0.4 is 10.1 Å². The highest BCUT2D eigenvalue weighted by atomic mass is 35.5. The molecule has 0 radical (unpaired) electrons. The number of aromatic nitrogens is 1. The van der Waals surface area contributed by atoms with Gasteiger partial charge >= 0.3 is 0 Å². The zero-order chi connectivity index (χ0) is 17.9. The summed E-state index contributed by atoms with van der Waals surface area (Å²) < 4.78 is 5.78. The number of fused-ring (bicyclic) bond motifs is 1. The summed E-state index contributed by atoms with van der Waals surface area (Å²) in [6.45, 7) is 2.76. The molecule has 1 aromatic carbocycles. The predicted octanol–water partition coefficient (Wildman–Crippen LogP) is 4.10. The first-order valence-corrected chi connectivity index (χ1v) is 9.75. The molecule has 0 bridgehead atoms. The Bertz CT molecular complexity index is 793. The minimum Gasteiger partial charge on any atom is -0.481 e. The van der Waals surface area contributed by atoms with E-state index in [4.69, 9.17) is 16.3 Å². The van der Waals surface area contributed by atoms with Gasteiger partial charge in [0.2, 0.25) is 0 Å². The largest absolute Gasteiger partial charge is 0.481 e. The zero-order valence-electron chi connectivity index (χ0n) is 15.6. The van der Waals surface area contributed by atoms with Gasteiger partial charge in [-0.15, -0.1) is 24.8 Å². The molecule has 2 heterocycles. The van der Waals surface area contributed by atoms with Crippen molar-refractivity contribution in [3.05, 3.63) is 35.5 Å². The van der Waals surface area contributed by atoms with Gasteiger partial charge in [0.1, 0.15) is 11.3 Å². The molecule has 1 aliphatic carbocycles. The second-order valence-electron chi connectivity index (χ2n) is 7.24. The molecule has 1 saturated heterocycles. The van der Waals surface area contributed by atoms with Crippen LogP contribution in [-0.4, -0.2) is 48.1 Å². The van der Waals surface area contributed by atoms with E-state index in [1.54, 1.807) is 18.3 Å². The van der Waals surface area contributed by atoms with Crippen LogP contribution in [-0.2, 0) is 4.79 Å². The van der Waals surface area contributed by atoms with Gasteiger partial charge in [-0.25, -0.2) is 0 Å². The van der Waals surface area contributed by atoms with E-state index in [1.165, 1.54) is 12.8 Å². The maximum Gasteiger partial charge on any atom is 0.260 e. The van der Waals surface area contributed by atoms with Crippen LogP contribution in [0.3, 0.4) is 0 Å². The summed E-state index contributed by atoms with van der Waals surface area (Å²) in [5.74, 6) is 1.52. The lowest BCUT2D eigenvalue weighted by Crippen LogP contribution is -2.46. The topological polar surface area (TPSA) is 54.5 Å². The molecular weight excluding hydrogens is 421 g/mol. The van der Waals surface area contributed by atoms with Crippen LogP contribution in [0.25, 0.3) is 10.9 Å². The van der Waals surface area contributed by atoms with Crippen molar-refractivity contribution in [2.24, 2.45) is 5.92 Å². The summed E-state index contributed by atoms with van der Waals surface area (Å²) in [5.41, 5.74) is 0.691. The van der Waals surface area contributed by atoms with E-state index < -0.39 is 0 Å². The molecule has 1 aromatic heterocycles. The van der Waals surface area contributed by atoms with Gasteiger partial charge in [0.05, 0.1) is 5.02 Å². The van der Waals surface area contributed by atoms with Crippen LogP contribution in [0, 0.1) is 5.92 Å². The molecule has 2 aromatic rings. The molecule has 8 heteroatoms. The molecule has 0 unspecified atom stereocenters. The number of likely N-dealkylation sites (tertiary alicyclic amines) is 1. The average Bonchev–Trinajstić information content (AvgIpc) is 3.51. The fourth-order valence-corrected chi connectivity index (χ4v) is 3.66. The van der Waals surface area contributed by atoms with Gasteiger partial charge < -0.3 is 15.0 Å². The Morgan fingerprint density at radius 1 is 1.18 bits per heavy atom. The molecule has 5 nitrogen and oxygen atoms in total. The maximum atomic E-state index is 12.5. The Morgan fingerprint density at radius 2 is 1.93 bits per heavy atom. The Kier molecular flexibility index (Phi) is 8.62. The first kappa shape index (κ1) is 23.0. The van der Waals surface area contributed by atoms with Crippen molar-refractivity contribution < 1.29 is 9.53 Å². The number of pyridine rings is 1. The van der Waals surface area contributed by atoms with Crippen molar-refractivity contribution in [1.29, 1.82) is 0 Å². The number of ether oxygens (including phenoxy) is 1. The number of hydrogen-bond acceptors (Lipinski definition) is 4. The first-order chi connectivity index (χ1) is 12.7. The molecule has 0 spiro atoms. The van der Waals surface area contributed by atoms with Gasteiger partial charge in [-0.1, -0.05) is 11.6 Å². The van der Waals surface area contributed by atoms with E-state index >= 15 is 0 Å². The van der Waals surface area contributed by atoms with Crippen molar-refractivity contribution in [2.75, 3.05) is 26.2 Å². The molecule has 28 heavy (non-hydrogen) atoms. The summed E-state index contributed by atoms with van der Waals surface area (Å²) in [7, 11) is 0. The quantitative estimate of drug-likeness (QED) is 0.726. The Hall–Kier alpha value is -1.27. The zero-order valence-corrected chi connectivity index (χ0v) is 18.0. The number of benzene rings is 1. The lowest BCUT2D eigenvalue weighted by molar-refractivity contribution is -0.134. The van der Waals surface area contributed by atoms with E-state index in [1.807, 2.05) is 17.0 Å². The second-order valence-corrected chi connectivity index (χ2v) is 7.65. The van der Waals surface area contributed by atoms with E-state index in [9.17, 15) is 4.79 Å². The van der Waals surface area contributed by atoms with Crippen molar-refractivity contribution >= 4 is 53.2 Å². The van der Waals surface area contributed by atoms with E-state index in [0.29, 0.717) is 22.3 Å². The molecular formula is C20H26Cl3N3O2. The van der Waals surface area contributed by atoms with Crippen molar-refractivity contribution in [1.82, 2.24) is 15.2 Å². The highest BCUT2D eigenvalue weighted by Crippen LogP contribution is 2.30. The van der Waals surface area contributed by atoms with Crippen molar-refractivity contribution in [3.63, 3.8) is 0 Å². The average molecular weight is 447 g/mol. The fourth-order valence-electron chi connectivity index (χ4n) is 3.45. The Labute approximate surface area is 183 Å². The summed E-state index contributed by atoms with van der Waals surface area (Å²) in [5, 5.41) is 5.10. The van der Waals surface area contributed by atoms with Crippen LogP contribution in [0.1, 0.15) is 25.7 Å². The number of nitrogens with zero attached hydrogens (tertiary/aromatic N) is 2. The third-order valence-electron chi connectivity index (χ3n) is 5.27. The van der Waals surface area contributed by atoms with Crippen molar-refractivity contribution in [3.8, 4) is 5.75 Å². The number of nitrogens with one attached hydrogen (secondary N) is 1. The molecule has 2 aliphatic rings. The molecule has 1 N–H and O–H groups in total. The highest BCUT2D eigenvalue weighted by Gasteiger charge is 2.26. The SMILES string of the molecule is Cl.Cl.O=C(COc1ccc(Cl)c2cccnc12)N1CCC(NCC2CC2)CC1. The number of carbonyl (C=O) groups is 1. The fraction of sp³-hybridized carbons (Fsp3) is 0.500. The minimum atomic E-state index is 0. The van der Waals surface area contributed by atoms with E-state index in [2.05, 4.69) is 10.3 Å². The third-order valence-corrected chi connectivity index (χ3v) is 5.60. The summed E-state index contributed by atoms with van der Waals surface area (Å²) in [6, 6.07) is 7.84. The van der Waals surface area contributed by atoms with Gasteiger partial charge in [0.25, 0.3) is 5.91 Å². The number of amides is 1. The molecule has 1 amide bonds. The minimum absolute atomic E-state index is 0.